The maximum Gasteiger partial charge on any atom is 0.209 e. The van der Waals surface area contributed by atoms with Crippen LogP contribution in [0.2, 0.25) is 0 Å². The number of aromatic nitrogens is 6. The summed E-state index contributed by atoms with van der Waals surface area (Å²) in [7, 11) is 0. The fourth-order valence-electron chi connectivity index (χ4n) is 1.66. The summed E-state index contributed by atoms with van der Waals surface area (Å²) in [5, 5.41) is 25.4. The third-order valence-electron chi connectivity index (χ3n) is 2.45. The average molecular weight is 268 g/mol. The van der Waals surface area contributed by atoms with Crippen molar-refractivity contribution in [3.63, 3.8) is 0 Å². The molecule has 2 aromatic heterocycles. The number of hydrogen-bond donors (Lipinski definition) is 1. The molecule has 2 rings (SSSR count). The van der Waals surface area contributed by atoms with Crippen LogP contribution in [0.25, 0.3) is 0 Å². The monoisotopic (exact) mass is 268 g/mol. The van der Waals surface area contributed by atoms with E-state index in [4.69, 9.17) is 5.11 Å². The topological polar surface area (TPSA) is 81.7 Å². The van der Waals surface area contributed by atoms with Gasteiger partial charge in [-0.1, -0.05) is 11.8 Å². The van der Waals surface area contributed by atoms with Crippen LogP contribution < -0.4 is 0 Å². The highest BCUT2D eigenvalue weighted by Gasteiger charge is 2.09. The van der Waals surface area contributed by atoms with Gasteiger partial charge in [-0.3, -0.25) is 4.68 Å². The van der Waals surface area contributed by atoms with Gasteiger partial charge in [-0.15, -0.1) is 5.10 Å². The SMILES string of the molecule is CCn1nc(C)cc1CSc1nnnn1CCO. The van der Waals surface area contributed by atoms with E-state index in [-0.39, 0.29) is 6.61 Å². The first kappa shape index (κ1) is 13.0. The van der Waals surface area contributed by atoms with E-state index in [1.54, 1.807) is 16.4 Å². The molecule has 0 amide bonds. The Morgan fingerprint density at radius 3 is 2.94 bits per heavy atom. The average Bonchev–Trinajstić information content (AvgIpc) is 2.93. The van der Waals surface area contributed by atoms with Gasteiger partial charge in [-0.2, -0.15) is 5.10 Å². The highest BCUT2D eigenvalue weighted by molar-refractivity contribution is 7.98. The number of aryl methyl sites for hydroxylation is 2. The summed E-state index contributed by atoms with van der Waals surface area (Å²) in [4.78, 5) is 0. The van der Waals surface area contributed by atoms with Crippen LogP contribution in [0.5, 0.6) is 0 Å². The van der Waals surface area contributed by atoms with Crippen molar-refractivity contribution in [3.05, 3.63) is 17.5 Å². The second-order valence-corrected chi connectivity index (χ2v) is 4.73. The molecule has 0 aliphatic heterocycles. The molecular weight excluding hydrogens is 252 g/mol. The van der Waals surface area contributed by atoms with Gasteiger partial charge >= 0.3 is 0 Å². The lowest BCUT2D eigenvalue weighted by atomic mass is 10.4. The van der Waals surface area contributed by atoms with Gasteiger partial charge in [-0.05, 0) is 30.3 Å². The maximum atomic E-state index is 8.89. The van der Waals surface area contributed by atoms with Crippen LogP contribution in [0.4, 0.5) is 0 Å². The van der Waals surface area contributed by atoms with Crippen molar-refractivity contribution < 1.29 is 5.11 Å². The second-order valence-electron chi connectivity index (χ2n) is 3.79. The van der Waals surface area contributed by atoms with Crippen LogP contribution in [0, 0.1) is 6.92 Å². The van der Waals surface area contributed by atoms with Gasteiger partial charge in [0.2, 0.25) is 5.16 Å². The van der Waals surface area contributed by atoms with Crippen molar-refractivity contribution in [2.75, 3.05) is 6.61 Å². The highest BCUT2D eigenvalue weighted by atomic mass is 32.2. The van der Waals surface area contributed by atoms with Crippen LogP contribution in [0.3, 0.4) is 0 Å². The summed E-state index contributed by atoms with van der Waals surface area (Å²) >= 11 is 1.54. The lowest BCUT2D eigenvalue weighted by Crippen LogP contribution is -2.06. The van der Waals surface area contributed by atoms with E-state index in [0.29, 0.717) is 11.7 Å². The minimum atomic E-state index is 0.0323. The zero-order chi connectivity index (χ0) is 13.0. The molecule has 7 nitrogen and oxygen atoms in total. The zero-order valence-corrected chi connectivity index (χ0v) is 11.3. The molecule has 0 aliphatic carbocycles. The van der Waals surface area contributed by atoms with E-state index < -0.39 is 0 Å². The summed E-state index contributed by atoms with van der Waals surface area (Å²) in [6.45, 7) is 5.35. The molecule has 98 valence electrons. The van der Waals surface area contributed by atoms with Crippen molar-refractivity contribution in [1.29, 1.82) is 0 Å². The first-order chi connectivity index (χ1) is 8.74. The van der Waals surface area contributed by atoms with Gasteiger partial charge in [-0.25, -0.2) is 4.68 Å². The van der Waals surface area contributed by atoms with Crippen molar-refractivity contribution in [1.82, 2.24) is 30.0 Å². The molecule has 1 N–H and O–H groups in total. The Hall–Kier alpha value is -1.41. The molecule has 0 bridgehead atoms. The predicted molar refractivity (Wildman–Crippen MR) is 67.1 cm³/mol. The number of aliphatic hydroxyl groups is 1. The van der Waals surface area contributed by atoms with Gasteiger partial charge in [0.1, 0.15) is 0 Å². The number of tetrazole rings is 1. The van der Waals surface area contributed by atoms with Gasteiger partial charge in [0.05, 0.1) is 18.8 Å². The summed E-state index contributed by atoms with van der Waals surface area (Å²) in [5.41, 5.74) is 2.17. The summed E-state index contributed by atoms with van der Waals surface area (Å²) in [5.74, 6) is 0.764. The maximum absolute atomic E-state index is 8.89. The van der Waals surface area contributed by atoms with Gasteiger partial charge in [0.25, 0.3) is 0 Å². The quantitative estimate of drug-likeness (QED) is 0.768. The van der Waals surface area contributed by atoms with E-state index in [1.165, 1.54) is 0 Å². The third-order valence-corrected chi connectivity index (χ3v) is 3.44. The molecule has 0 radical (unpaired) electrons. The van der Waals surface area contributed by atoms with E-state index >= 15 is 0 Å². The normalized spacial score (nSPS) is 11.1. The van der Waals surface area contributed by atoms with E-state index in [0.717, 1.165) is 23.7 Å². The lowest BCUT2D eigenvalue weighted by molar-refractivity contribution is 0.262. The van der Waals surface area contributed by atoms with Crippen LogP contribution in [0.1, 0.15) is 18.3 Å². The fraction of sp³-hybridized carbons (Fsp3) is 0.600. The second kappa shape index (κ2) is 5.96. The van der Waals surface area contributed by atoms with E-state index in [9.17, 15) is 0 Å². The predicted octanol–water partition coefficient (Wildman–Crippen LogP) is 0.483. The highest BCUT2D eigenvalue weighted by Crippen LogP contribution is 2.20. The van der Waals surface area contributed by atoms with Crippen LogP contribution in [-0.2, 0) is 18.8 Å². The molecule has 0 fully saturated rings. The Balaban J connectivity index is 2.04. The van der Waals surface area contributed by atoms with Gasteiger partial charge in [0, 0.05) is 18.0 Å². The molecule has 0 aromatic carbocycles. The largest absolute Gasteiger partial charge is 0.394 e. The first-order valence-electron chi connectivity index (χ1n) is 5.77. The summed E-state index contributed by atoms with van der Waals surface area (Å²) < 4.78 is 3.58. The zero-order valence-electron chi connectivity index (χ0n) is 10.4. The number of aliphatic hydroxyl groups excluding tert-OH is 1. The van der Waals surface area contributed by atoms with E-state index in [1.807, 2.05) is 11.6 Å². The third kappa shape index (κ3) is 2.88. The van der Waals surface area contributed by atoms with Crippen molar-refractivity contribution in [2.45, 2.75) is 37.8 Å². The van der Waals surface area contributed by atoms with Crippen molar-refractivity contribution >= 4 is 11.8 Å². The Morgan fingerprint density at radius 2 is 2.22 bits per heavy atom. The number of rotatable bonds is 6. The summed E-state index contributed by atoms with van der Waals surface area (Å²) in [6, 6.07) is 2.07. The molecule has 2 heterocycles. The Bertz CT molecular complexity index is 508. The van der Waals surface area contributed by atoms with Gasteiger partial charge in [0.15, 0.2) is 0 Å². The Kier molecular flexibility index (Phi) is 4.32. The standard InChI is InChI=1S/C10H16N6OS/c1-3-15-9(6-8(2)12-15)7-18-10-11-13-14-16(10)4-5-17/h6,17H,3-5,7H2,1-2H3. The Labute approximate surface area is 109 Å². The molecule has 0 atom stereocenters. The molecule has 0 unspecified atom stereocenters. The Morgan fingerprint density at radius 1 is 1.39 bits per heavy atom. The summed E-state index contributed by atoms with van der Waals surface area (Å²) in [6.07, 6.45) is 0. The number of nitrogens with zero attached hydrogens (tertiary/aromatic N) is 6. The minimum absolute atomic E-state index is 0.0323. The van der Waals surface area contributed by atoms with Gasteiger partial charge < -0.3 is 5.11 Å². The molecular formula is C10H16N6OS. The van der Waals surface area contributed by atoms with Crippen molar-refractivity contribution in [2.24, 2.45) is 0 Å². The lowest BCUT2D eigenvalue weighted by Gasteiger charge is -2.04. The molecule has 18 heavy (non-hydrogen) atoms. The molecule has 2 aromatic rings. The van der Waals surface area contributed by atoms with Crippen LogP contribution >= 0.6 is 11.8 Å². The van der Waals surface area contributed by atoms with Crippen LogP contribution in [-0.4, -0.2) is 41.7 Å². The smallest absolute Gasteiger partial charge is 0.209 e. The molecule has 8 heteroatoms. The number of hydrogen-bond acceptors (Lipinski definition) is 6. The molecule has 0 aliphatic rings. The molecule has 0 saturated carbocycles. The molecule has 0 spiro atoms. The van der Waals surface area contributed by atoms with E-state index in [2.05, 4.69) is 33.6 Å². The number of thioether (sulfide) groups is 1. The van der Waals surface area contributed by atoms with Crippen molar-refractivity contribution in [3.8, 4) is 0 Å². The minimum Gasteiger partial charge on any atom is -0.394 e. The fourth-order valence-corrected chi connectivity index (χ4v) is 2.54. The molecule has 0 saturated heterocycles. The first-order valence-corrected chi connectivity index (χ1v) is 6.76. The van der Waals surface area contributed by atoms with Crippen LogP contribution in [0.15, 0.2) is 11.2 Å².